The third-order valence-corrected chi connectivity index (χ3v) is 6.36. The molecule has 1 amide bonds. The Kier molecular flexibility index (Phi) is 8.70. The van der Waals surface area contributed by atoms with Gasteiger partial charge in [-0.25, -0.2) is 9.48 Å². The van der Waals surface area contributed by atoms with E-state index in [0.29, 0.717) is 10.7 Å². The maximum Gasteiger partial charge on any atom is 0.408 e. The lowest BCUT2D eigenvalue weighted by Crippen LogP contribution is -2.45. The Morgan fingerprint density at radius 3 is 2.36 bits per heavy atom. The predicted octanol–water partition coefficient (Wildman–Crippen LogP) is 1.65. The topological polar surface area (TPSA) is 132 Å². The predicted molar refractivity (Wildman–Crippen MR) is 104 cm³/mol. The minimum atomic E-state index is -3.62. The molecule has 0 bridgehead atoms. The van der Waals surface area contributed by atoms with Crippen LogP contribution in [-0.4, -0.2) is 64.5 Å². The van der Waals surface area contributed by atoms with E-state index in [-0.39, 0.29) is 6.42 Å². The van der Waals surface area contributed by atoms with Crippen LogP contribution in [0.4, 0.5) is 4.79 Å². The molecule has 28 heavy (non-hydrogen) atoms. The Labute approximate surface area is 168 Å². The fourth-order valence-electron chi connectivity index (χ4n) is 2.28. The lowest BCUT2D eigenvalue weighted by atomic mass is 10.1. The second-order valence-corrected chi connectivity index (χ2v) is 10.6. The molecule has 0 aliphatic heterocycles. The third-order valence-electron chi connectivity index (χ3n) is 3.58. The third kappa shape index (κ3) is 7.56. The molecule has 0 saturated carbocycles. The van der Waals surface area contributed by atoms with E-state index >= 15 is 0 Å². The van der Waals surface area contributed by atoms with Gasteiger partial charge in [-0.2, -0.15) is 5.10 Å². The van der Waals surface area contributed by atoms with Crippen molar-refractivity contribution in [1.29, 1.82) is 0 Å². The summed E-state index contributed by atoms with van der Waals surface area (Å²) >= 11 is -1.27. The zero-order valence-corrected chi connectivity index (χ0v) is 18.9. The zero-order valence-electron chi connectivity index (χ0n) is 17.2. The van der Waals surface area contributed by atoms with Crippen LogP contribution in [-0.2, 0) is 47.8 Å². The molecule has 0 aromatic carbocycles. The molecule has 2 atom stereocenters. The van der Waals surface area contributed by atoms with Crippen LogP contribution in [0.1, 0.15) is 26.5 Å². The molecular weight excluding hydrogens is 409 g/mol. The molecule has 160 valence electrons. The van der Waals surface area contributed by atoms with Gasteiger partial charge in [-0.1, -0.05) is 0 Å². The van der Waals surface area contributed by atoms with Crippen molar-refractivity contribution >= 4 is 30.6 Å². The number of carbonyl (C=O) groups excluding carboxylic acids is 2. The molecule has 1 aromatic heterocycles. The number of ketones is 1. The number of nitrogens with zero attached hydrogens (tertiary/aromatic N) is 2. The first-order chi connectivity index (χ1) is 12.8. The molecular formula is C16H28N3O7PS. The van der Waals surface area contributed by atoms with Gasteiger partial charge in [0.05, 0.1) is 11.7 Å². The summed E-state index contributed by atoms with van der Waals surface area (Å²) in [6.45, 7) is 5.07. The normalized spacial score (nSPS) is 14.4. The Morgan fingerprint density at radius 1 is 1.36 bits per heavy atom. The molecule has 10 nitrogen and oxygen atoms in total. The second-order valence-electron chi connectivity index (χ2n) is 7.06. The first kappa shape index (κ1) is 24.6. The van der Waals surface area contributed by atoms with E-state index in [4.69, 9.17) is 13.8 Å². The van der Waals surface area contributed by atoms with Crippen molar-refractivity contribution in [3.05, 3.63) is 11.8 Å². The molecule has 0 aliphatic carbocycles. The van der Waals surface area contributed by atoms with Crippen LogP contribution in [0.2, 0.25) is 0 Å². The second kappa shape index (κ2) is 9.89. The van der Waals surface area contributed by atoms with Crippen LogP contribution in [0.25, 0.3) is 0 Å². The number of alkyl carbamates (subject to hydrolysis) is 1. The number of carbonyl (C=O) groups is 2. The van der Waals surface area contributed by atoms with Gasteiger partial charge in [-0.05, 0) is 20.8 Å². The summed E-state index contributed by atoms with van der Waals surface area (Å²) in [7, 11) is 0.363. The van der Waals surface area contributed by atoms with E-state index in [1.54, 1.807) is 33.9 Å². The van der Waals surface area contributed by atoms with E-state index in [1.165, 1.54) is 25.2 Å². The van der Waals surface area contributed by atoms with E-state index in [9.17, 15) is 18.7 Å². The Hall–Kier alpha value is -1.39. The molecule has 1 N–H and O–H groups in total. The van der Waals surface area contributed by atoms with Crippen LogP contribution in [0.15, 0.2) is 11.1 Å². The van der Waals surface area contributed by atoms with Crippen molar-refractivity contribution in [3.63, 3.8) is 0 Å². The minimum absolute atomic E-state index is 0.00343. The highest BCUT2D eigenvalue weighted by Gasteiger charge is 2.33. The highest BCUT2D eigenvalue weighted by atomic mass is 32.2. The quantitative estimate of drug-likeness (QED) is 0.456. The first-order valence-electron chi connectivity index (χ1n) is 8.39. The number of Topliss-reactive ketones (excluding diaryl/α,β-unsaturated/α-hetero) is 1. The Balaban J connectivity index is 3.06. The van der Waals surface area contributed by atoms with Crippen LogP contribution in [0, 0.1) is 0 Å². The molecule has 12 heteroatoms. The maximum absolute atomic E-state index is 12.7. The van der Waals surface area contributed by atoms with Gasteiger partial charge in [0, 0.05) is 44.9 Å². The van der Waals surface area contributed by atoms with Gasteiger partial charge in [0.15, 0.2) is 5.78 Å². The SMILES string of the molecule is COP(=O)(CC(=O)[C@H](Cc1cc([S+](C)[O-])n(C)n1)NC(=O)OC(C)(C)C)OC. The number of hydrogen-bond acceptors (Lipinski definition) is 8. The maximum atomic E-state index is 12.7. The van der Waals surface area contributed by atoms with Crippen molar-refractivity contribution in [2.45, 2.75) is 43.9 Å². The van der Waals surface area contributed by atoms with Crippen molar-refractivity contribution in [2.24, 2.45) is 7.05 Å². The molecule has 0 radical (unpaired) electrons. The van der Waals surface area contributed by atoms with Crippen molar-refractivity contribution in [1.82, 2.24) is 15.1 Å². The van der Waals surface area contributed by atoms with Crippen LogP contribution >= 0.6 is 7.60 Å². The summed E-state index contributed by atoms with van der Waals surface area (Å²) in [4.78, 5) is 24.9. The average molecular weight is 437 g/mol. The smallest absolute Gasteiger partial charge is 0.408 e. The molecule has 0 saturated heterocycles. The number of nitrogens with one attached hydrogen (secondary N) is 1. The fraction of sp³-hybridized carbons (Fsp3) is 0.688. The van der Waals surface area contributed by atoms with Crippen LogP contribution < -0.4 is 5.32 Å². The minimum Gasteiger partial charge on any atom is -0.610 e. The highest BCUT2D eigenvalue weighted by Crippen LogP contribution is 2.46. The number of hydrogen-bond donors (Lipinski definition) is 1. The summed E-state index contributed by atoms with van der Waals surface area (Å²) < 4.78 is 40.3. The van der Waals surface area contributed by atoms with E-state index in [1.807, 2.05) is 0 Å². The summed E-state index contributed by atoms with van der Waals surface area (Å²) in [5, 5.41) is 7.17. The van der Waals surface area contributed by atoms with Crippen LogP contribution in [0.5, 0.6) is 0 Å². The lowest BCUT2D eigenvalue weighted by Gasteiger charge is -2.23. The molecule has 0 aliphatic rings. The molecule has 1 heterocycles. The van der Waals surface area contributed by atoms with Gasteiger partial charge in [0.25, 0.3) is 0 Å². The lowest BCUT2D eigenvalue weighted by molar-refractivity contribution is -0.119. The summed E-state index contributed by atoms with van der Waals surface area (Å²) in [5.41, 5.74) is -0.324. The van der Waals surface area contributed by atoms with Gasteiger partial charge < -0.3 is 23.7 Å². The molecule has 1 rings (SSSR count). The van der Waals surface area contributed by atoms with Gasteiger partial charge in [-0.15, -0.1) is 0 Å². The average Bonchev–Trinajstić information content (AvgIpc) is 2.93. The number of rotatable bonds is 9. The van der Waals surface area contributed by atoms with Crippen molar-refractivity contribution in [2.75, 3.05) is 26.6 Å². The van der Waals surface area contributed by atoms with Crippen molar-refractivity contribution in [3.8, 4) is 0 Å². The van der Waals surface area contributed by atoms with E-state index < -0.39 is 48.5 Å². The van der Waals surface area contributed by atoms with Crippen LogP contribution in [0.3, 0.4) is 0 Å². The molecule has 1 unspecified atom stereocenters. The zero-order chi connectivity index (χ0) is 21.7. The molecule has 1 aromatic rings. The summed E-state index contributed by atoms with van der Waals surface area (Å²) in [6, 6.07) is 0.501. The van der Waals surface area contributed by atoms with Gasteiger partial charge >= 0.3 is 13.7 Å². The number of aryl methyl sites for hydroxylation is 1. The van der Waals surface area contributed by atoms with E-state index in [0.717, 1.165) is 0 Å². The number of amides is 1. The number of aromatic nitrogens is 2. The molecule has 0 spiro atoms. The number of ether oxygens (including phenoxy) is 1. The monoisotopic (exact) mass is 437 g/mol. The fourth-order valence-corrected chi connectivity index (χ4v) is 4.01. The van der Waals surface area contributed by atoms with E-state index in [2.05, 4.69) is 10.4 Å². The highest BCUT2D eigenvalue weighted by molar-refractivity contribution is 7.90. The van der Waals surface area contributed by atoms with Gasteiger partial charge in [0.1, 0.15) is 18.0 Å². The Bertz CT molecular complexity index is 737. The summed E-state index contributed by atoms with van der Waals surface area (Å²) in [6.07, 6.45) is 0.178. The Morgan fingerprint density at radius 2 is 1.93 bits per heavy atom. The molecule has 0 fully saturated rings. The standard InChI is InChI=1S/C16H28N3O7PS/c1-16(2,3)26-15(21)17-12(13(20)10-27(22,24-5)25-6)8-11-9-14(28(7)23)19(4)18-11/h9,12H,8,10H2,1-7H3,(H,17,21)/t12-,28?/m0/s1. The summed E-state index contributed by atoms with van der Waals surface area (Å²) in [5.74, 6) is -0.567. The van der Waals surface area contributed by atoms with Gasteiger partial charge in [-0.3, -0.25) is 9.36 Å². The van der Waals surface area contributed by atoms with Gasteiger partial charge in [0.2, 0.25) is 5.03 Å². The first-order valence-corrected chi connectivity index (χ1v) is 11.7. The largest absolute Gasteiger partial charge is 0.610 e. The van der Waals surface area contributed by atoms with Crippen molar-refractivity contribution < 1.29 is 32.5 Å².